The van der Waals surface area contributed by atoms with Gasteiger partial charge in [0, 0.05) is 44.8 Å². The van der Waals surface area contributed by atoms with Crippen molar-refractivity contribution in [3.8, 4) is 0 Å². The molecule has 0 N–H and O–H groups in total. The minimum atomic E-state index is 0. The number of halogens is 1. The monoisotopic (exact) mass is 415 g/mol. The lowest BCUT2D eigenvalue weighted by Gasteiger charge is -2.17. The molecule has 2 unspecified atom stereocenters. The quantitative estimate of drug-likeness (QED) is 0.658. The zero-order valence-electron chi connectivity index (χ0n) is 15.2. The Morgan fingerprint density at radius 1 is 1.15 bits per heavy atom. The van der Waals surface area contributed by atoms with Gasteiger partial charge in [-0.3, -0.25) is 4.68 Å². The van der Waals surface area contributed by atoms with Crippen molar-refractivity contribution in [1.82, 2.24) is 23.6 Å². The molecule has 1 saturated carbocycles. The van der Waals surface area contributed by atoms with Crippen LogP contribution in [0.15, 0.2) is 28.6 Å². The third kappa shape index (κ3) is 4.61. The van der Waals surface area contributed by atoms with E-state index in [-0.39, 0.29) is 7.43 Å². The van der Waals surface area contributed by atoms with E-state index < -0.39 is 0 Å². The van der Waals surface area contributed by atoms with Crippen molar-refractivity contribution < 1.29 is 0 Å². The number of nitrogens with zero attached hydrogens (tertiary/aromatic N) is 5. The first-order chi connectivity index (χ1) is 12.1. The molecule has 4 rings (SSSR count). The van der Waals surface area contributed by atoms with Gasteiger partial charge in [-0.2, -0.15) is 5.10 Å². The molecule has 1 saturated heterocycles. The smallest absolute Gasteiger partial charge is 0.167 e. The Bertz CT molecular complexity index is 688. The Kier molecular flexibility index (Phi) is 7.94. The summed E-state index contributed by atoms with van der Waals surface area (Å²) in [5.74, 6) is 1.60. The lowest BCUT2D eigenvalue weighted by Crippen LogP contribution is -2.15. The highest BCUT2D eigenvalue weighted by Gasteiger charge is 2.42. The molecule has 0 aromatic carbocycles. The molecule has 5 nitrogen and oxygen atoms in total. The molecule has 1 aliphatic carbocycles. The number of hydrogen-bond acceptors (Lipinski definition) is 5. The largest absolute Gasteiger partial charge is 0.329 e. The summed E-state index contributed by atoms with van der Waals surface area (Å²) in [6, 6.07) is 0. The number of fused-ring (bicyclic) bond motifs is 1. The van der Waals surface area contributed by atoms with Crippen LogP contribution in [0.2, 0.25) is 5.15 Å². The van der Waals surface area contributed by atoms with Gasteiger partial charge in [0.2, 0.25) is 0 Å². The van der Waals surface area contributed by atoms with Gasteiger partial charge in [0.1, 0.15) is 5.15 Å². The van der Waals surface area contributed by atoms with Gasteiger partial charge in [0.15, 0.2) is 5.16 Å². The molecule has 0 bridgehead atoms. The van der Waals surface area contributed by atoms with Crippen LogP contribution in [0.25, 0.3) is 0 Å². The van der Waals surface area contributed by atoms with Crippen molar-refractivity contribution in [2.24, 2.45) is 25.9 Å². The second-order valence-corrected chi connectivity index (χ2v) is 9.18. The molecule has 1 aliphatic heterocycles. The minimum absolute atomic E-state index is 0. The summed E-state index contributed by atoms with van der Waals surface area (Å²) in [7, 11) is 3.95. The summed E-state index contributed by atoms with van der Waals surface area (Å²) in [5, 5.41) is 6.80. The van der Waals surface area contributed by atoms with Crippen molar-refractivity contribution in [3.05, 3.63) is 23.7 Å². The van der Waals surface area contributed by atoms with Crippen LogP contribution in [0.3, 0.4) is 0 Å². The fraction of sp³-hybridized carbons (Fsp3) is 0.667. The molecule has 2 aliphatic rings. The standard InChI is InChI=1S/C15H20ClN5S2.C2H6.CH4/c1-19-4-3-17-15(19)22-12-5-10-8-21(9-11(10)6-12)23-13-7-18-20(2)14(13)16;1-2;/h3-4,7,10-12H,5-6,8-9H2,1-2H3;1-2H3;1H4/t10-,11?,12?;;/m0../s1. The van der Waals surface area contributed by atoms with Crippen LogP contribution >= 0.6 is 35.3 Å². The second-order valence-electron chi connectivity index (χ2n) is 6.41. The molecule has 2 aromatic rings. The predicted octanol–water partition coefficient (Wildman–Crippen LogP) is 4.98. The topological polar surface area (TPSA) is 38.9 Å². The summed E-state index contributed by atoms with van der Waals surface area (Å²) in [5.41, 5.74) is 0. The Morgan fingerprint density at radius 2 is 1.81 bits per heavy atom. The maximum Gasteiger partial charge on any atom is 0.167 e. The van der Waals surface area contributed by atoms with Crippen molar-refractivity contribution in [2.45, 2.75) is 49.4 Å². The van der Waals surface area contributed by atoms with E-state index in [9.17, 15) is 0 Å². The van der Waals surface area contributed by atoms with Gasteiger partial charge < -0.3 is 4.57 Å². The number of aryl methyl sites for hydroxylation is 2. The molecule has 0 spiro atoms. The number of imidazole rings is 1. The van der Waals surface area contributed by atoms with E-state index in [1.165, 1.54) is 12.8 Å². The van der Waals surface area contributed by atoms with Crippen LogP contribution in [-0.4, -0.2) is 42.0 Å². The SMILES string of the molecule is C.CC.Cn1ccnc1SC1CC2CN(Sc3cnn(C)c3Cl)C[C@@H]2C1. The highest BCUT2D eigenvalue weighted by molar-refractivity contribution is 7.99. The van der Waals surface area contributed by atoms with E-state index in [4.69, 9.17) is 11.6 Å². The Morgan fingerprint density at radius 3 is 2.31 bits per heavy atom. The fourth-order valence-corrected chi connectivity index (χ4v) is 6.23. The van der Waals surface area contributed by atoms with Crippen molar-refractivity contribution in [3.63, 3.8) is 0 Å². The Hall–Kier alpha value is -0.630. The first kappa shape index (κ1) is 21.7. The van der Waals surface area contributed by atoms with E-state index in [0.29, 0.717) is 5.25 Å². The van der Waals surface area contributed by atoms with Crippen LogP contribution in [0.1, 0.15) is 34.1 Å². The highest BCUT2D eigenvalue weighted by Crippen LogP contribution is 2.47. The predicted molar refractivity (Wildman–Crippen MR) is 113 cm³/mol. The van der Waals surface area contributed by atoms with Crippen molar-refractivity contribution in [2.75, 3.05) is 13.1 Å². The van der Waals surface area contributed by atoms with E-state index in [1.54, 1.807) is 16.6 Å². The third-order valence-electron chi connectivity index (χ3n) is 4.79. The maximum atomic E-state index is 6.27. The van der Waals surface area contributed by atoms with Crippen LogP contribution < -0.4 is 0 Å². The summed E-state index contributed by atoms with van der Waals surface area (Å²) < 4.78 is 6.30. The molecule has 146 valence electrons. The van der Waals surface area contributed by atoms with Crippen LogP contribution in [0.5, 0.6) is 0 Å². The van der Waals surface area contributed by atoms with Crippen LogP contribution in [-0.2, 0) is 14.1 Å². The van der Waals surface area contributed by atoms with E-state index in [2.05, 4.69) is 26.0 Å². The molecule has 0 radical (unpaired) electrons. The van der Waals surface area contributed by atoms with Gasteiger partial charge in [0.05, 0.1) is 11.1 Å². The molecule has 3 heterocycles. The summed E-state index contributed by atoms with van der Waals surface area (Å²) in [4.78, 5) is 5.51. The lowest BCUT2D eigenvalue weighted by atomic mass is 10.0. The van der Waals surface area contributed by atoms with E-state index >= 15 is 0 Å². The molecule has 2 fully saturated rings. The van der Waals surface area contributed by atoms with Gasteiger partial charge in [-0.1, -0.05) is 44.6 Å². The van der Waals surface area contributed by atoms with Gasteiger partial charge in [0.25, 0.3) is 0 Å². The minimum Gasteiger partial charge on any atom is -0.329 e. The molecule has 3 atom stereocenters. The summed E-state index contributed by atoms with van der Waals surface area (Å²) in [6.45, 7) is 6.30. The van der Waals surface area contributed by atoms with Crippen LogP contribution in [0.4, 0.5) is 0 Å². The van der Waals surface area contributed by atoms with Gasteiger partial charge in [-0.25, -0.2) is 9.29 Å². The maximum absolute atomic E-state index is 6.27. The molecule has 0 amide bonds. The fourth-order valence-electron chi connectivity index (χ4n) is 3.59. The first-order valence-electron chi connectivity index (χ1n) is 8.84. The number of aromatic nitrogens is 4. The number of rotatable bonds is 4. The van der Waals surface area contributed by atoms with Crippen molar-refractivity contribution >= 4 is 35.3 Å². The van der Waals surface area contributed by atoms with Gasteiger partial charge >= 0.3 is 0 Å². The second kappa shape index (κ2) is 9.53. The number of hydrogen-bond donors (Lipinski definition) is 0. The highest BCUT2D eigenvalue weighted by atomic mass is 35.5. The Labute approximate surface area is 171 Å². The van der Waals surface area contributed by atoms with Gasteiger partial charge in [-0.15, -0.1) is 0 Å². The Balaban J connectivity index is 0.000000784. The molecular weight excluding hydrogens is 386 g/mol. The van der Waals surface area contributed by atoms with Gasteiger partial charge in [-0.05, 0) is 36.6 Å². The zero-order valence-corrected chi connectivity index (χ0v) is 17.6. The number of thioether (sulfide) groups is 1. The van der Waals surface area contributed by atoms with E-state index in [0.717, 1.165) is 40.1 Å². The summed E-state index contributed by atoms with van der Waals surface area (Å²) in [6.07, 6.45) is 8.35. The zero-order chi connectivity index (χ0) is 18.0. The van der Waals surface area contributed by atoms with Crippen LogP contribution in [0, 0.1) is 11.8 Å². The normalized spacial score (nSPS) is 24.7. The molecule has 26 heavy (non-hydrogen) atoms. The van der Waals surface area contributed by atoms with Crippen molar-refractivity contribution in [1.29, 1.82) is 0 Å². The van der Waals surface area contributed by atoms with E-state index in [1.807, 2.05) is 51.2 Å². The third-order valence-corrected chi connectivity index (χ3v) is 7.72. The summed E-state index contributed by atoms with van der Waals surface area (Å²) >= 11 is 9.97. The first-order valence-corrected chi connectivity index (χ1v) is 10.9. The molecule has 2 aromatic heterocycles. The molecular formula is C18H30ClN5S2. The average Bonchev–Trinajstić information content (AvgIpc) is 3.33. The average molecular weight is 416 g/mol. The lowest BCUT2D eigenvalue weighted by molar-refractivity contribution is 0.494. The molecule has 8 heteroatoms.